The van der Waals surface area contributed by atoms with Crippen molar-refractivity contribution in [3.63, 3.8) is 0 Å². The third-order valence-corrected chi connectivity index (χ3v) is 5.38. The zero-order valence-electron chi connectivity index (χ0n) is 14.1. The Bertz CT molecular complexity index is 928. The van der Waals surface area contributed by atoms with Crippen LogP contribution < -0.4 is 4.74 Å². The molecule has 1 aliphatic rings. The SMILES string of the molecule is FC(F)n1ccnc1CSc1nnc(COc2ccccc2Cl)n1C1CC1. The fraction of sp³-hybridized carbons (Fsp3) is 0.353. The molecule has 2 aromatic heterocycles. The minimum Gasteiger partial charge on any atom is -0.484 e. The summed E-state index contributed by atoms with van der Waals surface area (Å²) in [6.45, 7) is -2.37. The number of rotatable bonds is 8. The third-order valence-electron chi connectivity index (χ3n) is 4.13. The highest BCUT2D eigenvalue weighted by Crippen LogP contribution is 2.39. The molecule has 142 valence electrons. The topological polar surface area (TPSA) is 57.8 Å². The van der Waals surface area contributed by atoms with Gasteiger partial charge >= 0.3 is 6.55 Å². The van der Waals surface area contributed by atoms with E-state index >= 15 is 0 Å². The third kappa shape index (κ3) is 4.08. The van der Waals surface area contributed by atoms with Crippen LogP contribution in [0.5, 0.6) is 5.75 Å². The molecule has 0 unspecified atom stereocenters. The van der Waals surface area contributed by atoms with Crippen molar-refractivity contribution in [2.75, 3.05) is 0 Å². The fourth-order valence-corrected chi connectivity index (χ4v) is 3.83. The van der Waals surface area contributed by atoms with E-state index < -0.39 is 6.55 Å². The van der Waals surface area contributed by atoms with E-state index in [1.165, 1.54) is 24.2 Å². The van der Waals surface area contributed by atoms with Gasteiger partial charge in [-0.25, -0.2) is 4.98 Å². The van der Waals surface area contributed by atoms with E-state index in [4.69, 9.17) is 16.3 Å². The predicted molar refractivity (Wildman–Crippen MR) is 97.1 cm³/mol. The number of imidazole rings is 1. The summed E-state index contributed by atoms with van der Waals surface area (Å²) in [5.41, 5.74) is 0. The number of para-hydroxylation sites is 1. The van der Waals surface area contributed by atoms with Gasteiger partial charge in [0.2, 0.25) is 0 Å². The Labute approximate surface area is 163 Å². The van der Waals surface area contributed by atoms with Crippen LogP contribution in [-0.4, -0.2) is 24.3 Å². The predicted octanol–water partition coefficient (Wildman–Crippen LogP) is 4.73. The summed E-state index contributed by atoms with van der Waals surface area (Å²) in [6.07, 6.45) is 4.72. The number of alkyl halides is 2. The summed E-state index contributed by atoms with van der Waals surface area (Å²) in [7, 11) is 0. The van der Waals surface area contributed by atoms with Crippen LogP contribution in [0.4, 0.5) is 8.78 Å². The van der Waals surface area contributed by atoms with Crippen LogP contribution in [0.25, 0.3) is 0 Å². The molecule has 0 bridgehead atoms. The first-order valence-corrected chi connectivity index (χ1v) is 9.73. The number of nitrogens with zero attached hydrogens (tertiary/aromatic N) is 5. The lowest BCUT2D eigenvalue weighted by molar-refractivity contribution is 0.0678. The summed E-state index contributed by atoms with van der Waals surface area (Å²) < 4.78 is 34.6. The first-order chi connectivity index (χ1) is 13.1. The van der Waals surface area contributed by atoms with E-state index in [9.17, 15) is 8.78 Å². The van der Waals surface area contributed by atoms with E-state index in [1.54, 1.807) is 12.1 Å². The zero-order chi connectivity index (χ0) is 18.8. The fourth-order valence-electron chi connectivity index (χ4n) is 2.67. The van der Waals surface area contributed by atoms with Gasteiger partial charge in [0, 0.05) is 18.4 Å². The number of aromatic nitrogens is 5. The maximum Gasteiger partial charge on any atom is 0.319 e. The van der Waals surface area contributed by atoms with Crippen LogP contribution in [0, 0.1) is 0 Å². The molecule has 1 aliphatic carbocycles. The summed E-state index contributed by atoms with van der Waals surface area (Å²) in [6, 6.07) is 7.55. The quantitative estimate of drug-likeness (QED) is 0.501. The largest absolute Gasteiger partial charge is 0.484 e. The molecule has 6 nitrogen and oxygen atoms in total. The van der Waals surface area contributed by atoms with E-state index in [1.807, 2.05) is 16.7 Å². The second kappa shape index (κ2) is 7.85. The number of ether oxygens (including phenoxy) is 1. The van der Waals surface area contributed by atoms with Crippen molar-refractivity contribution < 1.29 is 13.5 Å². The number of halogens is 3. The molecule has 0 N–H and O–H groups in total. The van der Waals surface area contributed by atoms with E-state index in [-0.39, 0.29) is 12.4 Å². The first-order valence-electron chi connectivity index (χ1n) is 8.37. The monoisotopic (exact) mass is 411 g/mol. The van der Waals surface area contributed by atoms with Gasteiger partial charge < -0.3 is 4.74 Å². The molecule has 0 atom stereocenters. The molecule has 0 radical (unpaired) electrons. The Balaban J connectivity index is 1.48. The molecule has 0 aliphatic heterocycles. The van der Waals surface area contributed by atoms with Gasteiger partial charge in [0.25, 0.3) is 0 Å². The maximum atomic E-state index is 13.0. The molecular formula is C17H16ClF2N5OS. The van der Waals surface area contributed by atoms with Crippen LogP contribution in [0.15, 0.2) is 41.8 Å². The van der Waals surface area contributed by atoms with Crippen LogP contribution >= 0.6 is 23.4 Å². The van der Waals surface area contributed by atoms with Gasteiger partial charge in [0.1, 0.15) is 18.2 Å². The molecule has 2 heterocycles. The highest BCUT2D eigenvalue weighted by atomic mass is 35.5. The lowest BCUT2D eigenvalue weighted by Gasteiger charge is -2.11. The molecule has 10 heteroatoms. The zero-order valence-corrected chi connectivity index (χ0v) is 15.7. The minimum atomic E-state index is -2.61. The highest BCUT2D eigenvalue weighted by Gasteiger charge is 2.30. The Hall–Kier alpha value is -2.13. The average molecular weight is 412 g/mol. The average Bonchev–Trinajstić information content (AvgIpc) is 3.23. The van der Waals surface area contributed by atoms with Crippen LogP contribution in [-0.2, 0) is 12.4 Å². The molecule has 0 amide bonds. The molecule has 4 rings (SSSR count). The maximum absolute atomic E-state index is 13.0. The number of hydrogen-bond acceptors (Lipinski definition) is 5. The number of hydrogen-bond donors (Lipinski definition) is 0. The minimum absolute atomic E-state index is 0.236. The lowest BCUT2D eigenvalue weighted by Crippen LogP contribution is -2.07. The summed E-state index contributed by atoms with van der Waals surface area (Å²) in [5.74, 6) is 1.86. The summed E-state index contributed by atoms with van der Waals surface area (Å²) in [4.78, 5) is 4.00. The van der Waals surface area contributed by atoms with E-state index in [0.717, 1.165) is 17.4 Å². The molecule has 1 fully saturated rings. The van der Waals surface area contributed by atoms with Gasteiger partial charge in [0.15, 0.2) is 11.0 Å². The van der Waals surface area contributed by atoms with Crippen molar-refractivity contribution in [1.82, 2.24) is 24.3 Å². The second-order valence-electron chi connectivity index (χ2n) is 6.04. The van der Waals surface area contributed by atoms with Gasteiger partial charge in [-0.15, -0.1) is 10.2 Å². The Morgan fingerprint density at radius 1 is 1.22 bits per heavy atom. The van der Waals surface area contributed by atoms with Crippen molar-refractivity contribution in [3.05, 3.63) is 53.3 Å². The lowest BCUT2D eigenvalue weighted by atomic mass is 10.3. The molecular weight excluding hydrogens is 396 g/mol. The van der Waals surface area contributed by atoms with Crippen molar-refractivity contribution in [1.29, 1.82) is 0 Å². The van der Waals surface area contributed by atoms with Crippen molar-refractivity contribution >= 4 is 23.4 Å². The normalized spacial score (nSPS) is 14.1. The van der Waals surface area contributed by atoms with Crippen LogP contribution in [0.2, 0.25) is 5.02 Å². The first kappa shape index (κ1) is 18.2. The Kier molecular flexibility index (Phi) is 5.31. The van der Waals surface area contributed by atoms with Gasteiger partial charge in [-0.1, -0.05) is 35.5 Å². The van der Waals surface area contributed by atoms with Crippen molar-refractivity contribution in [3.8, 4) is 5.75 Å². The molecule has 1 saturated carbocycles. The van der Waals surface area contributed by atoms with E-state index in [0.29, 0.717) is 33.6 Å². The van der Waals surface area contributed by atoms with Crippen LogP contribution in [0.3, 0.4) is 0 Å². The molecule has 3 aromatic rings. The molecule has 27 heavy (non-hydrogen) atoms. The summed E-state index contributed by atoms with van der Waals surface area (Å²) in [5, 5.41) is 9.66. The van der Waals surface area contributed by atoms with Crippen molar-refractivity contribution in [2.24, 2.45) is 0 Å². The highest BCUT2D eigenvalue weighted by molar-refractivity contribution is 7.98. The molecule has 1 aromatic carbocycles. The Morgan fingerprint density at radius 2 is 2.04 bits per heavy atom. The number of benzene rings is 1. The second-order valence-corrected chi connectivity index (χ2v) is 7.39. The number of thioether (sulfide) groups is 1. The summed E-state index contributed by atoms with van der Waals surface area (Å²) >= 11 is 7.46. The molecule has 0 saturated heterocycles. The van der Waals surface area contributed by atoms with Gasteiger partial charge in [-0.2, -0.15) is 8.78 Å². The standard InChI is InChI=1S/C17H16ClF2N5OS/c18-12-3-1-2-4-13(12)26-9-14-22-23-17(25(14)11-5-6-11)27-10-15-21-7-8-24(15)16(19)20/h1-4,7-8,11,16H,5-6,9-10H2. The van der Waals surface area contributed by atoms with Crippen molar-refractivity contribution in [2.45, 2.75) is 42.9 Å². The smallest absolute Gasteiger partial charge is 0.319 e. The van der Waals surface area contributed by atoms with Gasteiger partial charge in [-0.3, -0.25) is 9.13 Å². The van der Waals surface area contributed by atoms with Crippen LogP contribution in [0.1, 0.15) is 37.1 Å². The van der Waals surface area contributed by atoms with E-state index in [2.05, 4.69) is 15.2 Å². The van der Waals surface area contributed by atoms with Gasteiger partial charge in [0.05, 0.1) is 10.8 Å². The molecule has 0 spiro atoms. The van der Waals surface area contributed by atoms with Gasteiger partial charge in [-0.05, 0) is 25.0 Å². The Morgan fingerprint density at radius 3 is 2.78 bits per heavy atom.